The number of hydrogen-bond donors (Lipinski definition) is 0. The third kappa shape index (κ3) is 5.29. The van der Waals surface area contributed by atoms with E-state index in [1.54, 1.807) is 0 Å². The van der Waals surface area contributed by atoms with Crippen molar-refractivity contribution in [2.45, 2.75) is 0 Å². The zero-order valence-corrected chi connectivity index (χ0v) is 30.2. The maximum atomic E-state index is 6.60. The SMILES string of the molecule is c1ccc(-c2nc(-c3ccccc3)nc(-c3cccc(-c4cccc5oc6cccc(-c7ccc8c(c7)c7ccccc7n8-c7ccccc7)c6c45)c3)n2)cc1. The Labute approximate surface area is 322 Å². The van der Waals surface area contributed by atoms with Crippen LogP contribution in [0.4, 0.5) is 0 Å². The van der Waals surface area contributed by atoms with Gasteiger partial charge in [0.2, 0.25) is 0 Å². The first-order valence-electron chi connectivity index (χ1n) is 18.8. The smallest absolute Gasteiger partial charge is 0.164 e. The van der Waals surface area contributed by atoms with Crippen LogP contribution in [0.5, 0.6) is 0 Å². The van der Waals surface area contributed by atoms with Crippen LogP contribution in [0, 0.1) is 0 Å². The van der Waals surface area contributed by atoms with E-state index in [2.05, 4.69) is 138 Å². The minimum atomic E-state index is 0.618. The lowest BCUT2D eigenvalue weighted by atomic mass is 9.93. The summed E-state index contributed by atoms with van der Waals surface area (Å²) in [6.45, 7) is 0. The number of benzene rings is 8. The molecule has 0 saturated heterocycles. The highest BCUT2D eigenvalue weighted by atomic mass is 16.3. The molecule has 0 aliphatic carbocycles. The fourth-order valence-corrected chi connectivity index (χ4v) is 8.11. The Bertz CT molecular complexity index is 3180. The van der Waals surface area contributed by atoms with Gasteiger partial charge in [-0.15, -0.1) is 0 Å². The molecule has 0 N–H and O–H groups in total. The molecule has 0 aliphatic heterocycles. The van der Waals surface area contributed by atoms with E-state index in [0.717, 1.165) is 66.6 Å². The van der Waals surface area contributed by atoms with Crippen molar-refractivity contribution in [2.75, 3.05) is 0 Å². The second-order valence-corrected chi connectivity index (χ2v) is 14.0. The minimum Gasteiger partial charge on any atom is -0.456 e. The normalized spacial score (nSPS) is 11.6. The summed E-state index contributed by atoms with van der Waals surface area (Å²) in [5, 5.41) is 4.60. The fourth-order valence-electron chi connectivity index (χ4n) is 8.11. The van der Waals surface area contributed by atoms with Crippen molar-refractivity contribution in [1.29, 1.82) is 0 Å². The molecule has 0 fully saturated rings. The molecular weight excluding hydrogens is 685 g/mol. The van der Waals surface area contributed by atoms with Crippen LogP contribution < -0.4 is 0 Å². The minimum absolute atomic E-state index is 0.618. The number of aromatic nitrogens is 4. The number of nitrogens with zero attached hydrogens (tertiary/aromatic N) is 4. The molecule has 0 amide bonds. The van der Waals surface area contributed by atoms with Crippen LogP contribution in [0.2, 0.25) is 0 Å². The molecule has 11 aromatic rings. The highest BCUT2D eigenvalue weighted by Crippen LogP contribution is 2.43. The van der Waals surface area contributed by atoms with Crippen LogP contribution in [0.3, 0.4) is 0 Å². The van der Waals surface area contributed by atoms with Crippen LogP contribution in [0.25, 0.3) is 106 Å². The number of furan rings is 1. The molecule has 5 nitrogen and oxygen atoms in total. The number of hydrogen-bond acceptors (Lipinski definition) is 4. The van der Waals surface area contributed by atoms with E-state index in [0.29, 0.717) is 17.5 Å². The molecule has 0 saturated carbocycles. The van der Waals surface area contributed by atoms with Crippen LogP contribution in [0.1, 0.15) is 0 Å². The van der Waals surface area contributed by atoms with Gasteiger partial charge >= 0.3 is 0 Å². The van der Waals surface area contributed by atoms with Gasteiger partial charge in [0.25, 0.3) is 0 Å². The predicted molar refractivity (Wildman–Crippen MR) is 229 cm³/mol. The molecule has 0 spiro atoms. The van der Waals surface area contributed by atoms with Gasteiger partial charge in [-0.05, 0) is 70.8 Å². The van der Waals surface area contributed by atoms with E-state index in [9.17, 15) is 0 Å². The first-order chi connectivity index (χ1) is 27.8. The number of para-hydroxylation sites is 2. The largest absolute Gasteiger partial charge is 0.456 e. The summed E-state index contributed by atoms with van der Waals surface area (Å²) in [7, 11) is 0. The Balaban J connectivity index is 1.08. The third-order valence-electron chi connectivity index (χ3n) is 10.7. The van der Waals surface area contributed by atoms with Gasteiger partial charge < -0.3 is 8.98 Å². The van der Waals surface area contributed by atoms with Gasteiger partial charge in [0.05, 0.1) is 11.0 Å². The molecule has 0 atom stereocenters. The Morgan fingerprint density at radius 1 is 0.339 bits per heavy atom. The molecule has 0 radical (unpaired) electrons. The maximum absolute atomic E-state index is 6.60. The predicted octanol–water partition coefficient (Wildman–Crippen LogP) is 13.2. The summed E-state index contributed by atoms with van der Waals surface area (Å²) >= 11 is 0. The average molecular weight is 717 g/mol. The summed E-state index contributed by atoms with van der Waals surface area (Å²) in [5.41, 5.74) is 12.4. The monoisotopic (exact) mass is 716 g/mol. The third-order valence-corrected chi connectivity index (χ3v) is 10.7. The summed E-state index contributed by atoms with van der Waals surface area (Å²) in [6.07, 6.45) is 0. The van der Waals surface area contributed by atoms with Crippen molar-refractivity contribution in [3.05, 3.63) is 194 Å². The number of fused-ring (bicyclic) bond motifs is 6. The Morgan fingerprint density at radius 2 is 0.821 bits per heavy atom. The molecule has 5 heteroatoms. The molecule has 0 bridgehead atoms. The van der Waals surface area contributed by atoms with Crippen LogP contribution >= 0.6 is 0 Å². The molecule has 56 heavy (non-hydrogen) atoms. The topological polar surface area (TPSA) is 56.7 Å². The van der Waals surface area contributed by atoms with Crippen molar-refractivity contribution in [3.8, 4) is 62.1 Å². The van der Waals surface area contributed by atoms with Crippen molar-refractivity contribution in [3.63, 3.8) is 0 Å². The van der Waals surface area contributed by atoms with Crippen molar-refractivity contribution >= 4 is 43.7 Å². The second kappa shape index (κ2) is 13.0. The van der Waals surface area contributed by atoms with Gasteiger partial charge in [0.1, 0.15) is 11.2 Å². The molecule has 262 valence electrons. The van der Waals surface area contributed by atoms with Crippen molar-refractivity contribution in [2.24, 2.45) is 0 Å². The molecule has 3 heterocycles. The highest BCUT2D eigenvalue weighted by molar-refractivity contribution is 6.19. The first-order valence-corrected chi connectivity index (χ1v) is 18.8. The van der Waals surface area contributed by atoms with E-state index >= 15 is 0 Å². The second-order valence-electron chi connectivity index (χ2n) is 14.0. The van der Waals surface area contributed by atoms with E-state index in [1.807, 2.05) is 60.7 Å². The van der Waals surface area contributed by atoms with Gasteiger partial charge in [-0.25, -0.2) is 15.0 Å². The van der Waals surface area contributed by atoms with Gasteiger partial charge in [-0.3, -0.25) is 0 Å². The van der Waals surface area contributed by atoms with E-state index < -0.39 is 0 Å². The highest BCUT2D eigenvalue weighted by Gasteiger charge is 2.20. The zero-order valence-electron chi connectivity index (χ0n) is 30.2. The first kappa shape index (κ1) is 31.9. The molecule has 11 rings (SSSR count). The van der Waals surface area contributed by atoms with Crippen molar-refractivity contribution in [1.82, 2.24) is 19.5 Å². The summed E-state index contributed by atoms with van der Waals surface area (Å²) in [5.74, 6) is 1.89. The summed E-state index contributed by atoms with van der Waals surface area (Å²) in [4.78, 5) is 14.9. The maximum Gasteiger partial charge on any atom is 0.164 e. The van der Waals surface area contributed by atoms with Gasteiger partial charge in [0.15, 0.2) is 17.5 Å². The van der Waals surface area contributed by atoms with Gasteiger partial charge in [-0.2, -0.15) is 0 Å². The lowest BCUT2D eigenvalue weighted by Gasteiger charge is -2.11. The lowest BCUT2D eigenvalue weighted by molar-refractivity contribution is 0.669. The van der Waals surface area contributed by atoms with Crippen LogP contribution in [-0.2, 0) is 0 Å². The van der Waals surface area contributed by atoms with Gasteiger partial charge in [0, 0.05) is 43.9 Å². The van der Waals surface area contributed by atoms with Gasteiger partial charge in [-0.1, -0.05) is 146 Å². The van der Waals surface area contributed by atoms with Crippen LogP contribution in [-0.4, -0.2) is 19.5 Å². The molecule has 8 aromatic carbocycles. The summed E-state index contributed by atoms with van der Waals surface area (Å²) < 4.78 is 8.96. The molecule has 3 aromatic heterocycles. The zero-order chi connectivity index (χ0) is 37.0. The van der Waals surface area contributed by atoms with Crippen LogP contribution in [0.15, 0.2) is 199 Å². The summed E-state index contributed by atoms with van der Waals surface area (Å²) in [6, 6.07) is 67.4. The number of rotatable bonds is 6. The van der Waals surface area contributed by atoms with E-state index in [-0.39, 0.29) is 0 Å². The van der Waals surface area contributed by atoms with Crippen molar-refractivity contribution < 1.29 is 4.42 Å². The standard InChI is InChI=1S/C51H32N4O/c1-4-15-33(16-5-1)49-52-50(34-17-6-2-7-18-34)54-51(53-49)37-20-12-19-35(31-37)39-24-13-27-45-47(39)48-40(25-14-28-46(48)56-45)36-29-30-44-42(32-36)41-23-10-11-26-43(41)55(44)38-21-8-3-9-22-38/h1-32H. The Hall–Kier alpha value is -7.63. The molecular formula is C51H32N4O. The molecule has 0 aliphatic rings. The van der Waals surface area contributed by atoms with E-state index in [4.69, 9.17) is 19.4 Å². The molecule has 0 unspecified atom stereocenters. The fraction of sp³-hybridized carbons (Fsp3) is 0. The quantitative estimate of drug-likeness (QED) is 0.172. The average Bonchev–Trinajstić information content (AvgIpc) is 3.83. The van der Waals surface area contributed by atoms with E-state index in [1.165, 1.54) is 21.8 Å². The Kier molecular flexibility index (Phi) is 7.42. The Morgan fingerprint density at radius 3 is 1.46 bits per heavy atom. The lowest BCUT2D eigenvalue weighted by Crippen LogP contribution is -2.00.